The number of nitrogens with one attached hydrogen (secondary N) is 3. The van der Waals surface area contributed by atoms with E-state index in [1.54, 1.807) is 24.3 Å². The highest BCUT2D eigenvalue weighted by molar-refractivity contribution is 7.99. The molecule has 3 N–H and O–H groups in total. The van der Waals surface area contributed by atoms with Gasteiger partial charge in [-0.15, -0.1) is 23.1 Å². The third-order valence-corrected chi connectivity index (χ3v) is 6.27. The minimum absolute atomic E-state index is 0.141. The molecule has 0 fully saturated rings. The van der Waals surface area contributed by atoms with Crippen molar-refractivity contribution >= 4 is 56.5 Å². The van der Waals surface area contributed by atoms with E-state index in [9.17, 15) is 14.4 Å². The first kappa shape index (κ1) is 21.1. The van der Waals surface area contributed by atoms with Crippen molar-refractivity contribution in [1.29, 1.82) is 0 Å². The number of rotatable bonds is 7. The largest absolute Gasteiger partial charge is 0.326 e. The van der Waals surface area contributed by atoms with E-state index in [0.717, 1.165) is 9.71 Å². The number of nitrogens with zero attached hydrogens (tertiary/aromatic N) is 1. The van der Waals surface area contributed by atoms with Crippen LogP contribution in [0.2, 0.25) is 0 Å². The fourth-order valence-corrected chi connectivity index (χ4v) is 4.37. The third-order valence-electron chi connectivity index (χ3n) is 4.00. The molecule has 7 nitrogen and oxygen atoms in total. The summed E-state index contributed by atoms with van der Waals surface area (Å²) >= 11 is 2.91. The van der Waals surface area contributed by atoms with Crippen LogP contribution in [0.4, 0.5) is 11.4 Å². The van der Waals surface area contributed by atoms with Crippen LogP contribution >= 0.6 is 23.1 Å². The molecule has 2 heterocycles. The van der Waals surface area contributed by atoms with Gasteiger partial charge in [0.25, 0.3) is 5.56 Å². The zero-order chi connectivity index (χ0) is 21.0. The molecule has 2 aromatic heterocycles. The Balaban J connectivity index is 1.54. The van der Waals surface area contributed by atoms with E-state index in [4.69, 9.17) is 0 Å². The van der Waals surface area contributed by atoms with Crippen LogP contribution < -0.4 is 16.2 Å². The number of thiophene rings is 1. The van der Waals surface area contributed by atoms with Crippen molar-refractivity contribution < 1.29 is 9.59 Å². The van der Waals surface area contributed by atoms with Crippen LogP contribution in [0.3, 0.4) is 0 Å². The van der Waals surface area contributed by atoms with Crippen LogP contribution in [0.15, 0.2) is 35.1 Å². The molecule has 0 aliphatic carbocycles. The Kier molecular flexibility index (Phi) is 6.71. The maximum atomic E-state index is 12.3. The smallest absolute Gasteiger partial charge is 0.259 e. The van der Waals surface area contributed by atoms with Gasteiger partial charge in [0.2, 0.25) is 11.8 Å². The van der Waals surface area contributed by atoms with Crippen LogP contribution in [-0.4, -0.2) is 27.5 Å². The van der Waals surface area contributed by atoms with Gasteiger partial charge < -0.3 is 15.6 Å². The van der Waals surface area contributed by atoms with Crippen LogP contribution in [-0.2, 0) is 15.3 Å². The quantitative estimate of drug-likeness (QED) is 0.527. The van der Waals surface area contributed by atoms with E-state index >= 15 is 0 Å². The number of hydrogen-bond donors (Lipinski definition) is 3. The van der Waals surface area contributed by atoms with E-state index in [1.165, 1.54) is 30.0 Å². The number of benzene rings is 1. The van der Waals surface area contributed by atoms with Crippen molar-refractivity contribution in [2.24, 2.45) is 0 Å². The SMILES string of the molecule is CC(=O)Nc1ccc(NC(=O)CSCc2nc3sc(C(C)C)cc3c(=O)[nH]2)cc1. The minimum atomic E-state index is -0.149. The Labute approximate surface area is 176 Å². The first-order valence-corrected chi connectivity index (χ1v) is 11.1. The normalized spacial score (nSPS) is 11.0. The van der Waals surface area contributed by atoms with Gasteiger partial charge in [0.05, 0.1) is 16.9 Å². The maximum Gasteiger partial charge on any atom is 0.259 e. The summed E-state index contributed by atoms with van der Waals surface area (Å²) in [6.45, 7) is 5.61. The Morgan fingerprint density at radius 2 is 1.83 bits per heavy atom. The third kappa shape index (κ3) is 5.68. The molecule has 9 heteroatoms. The Bertz CT molecular complexity index is 1090. The fourth-order valence-electron chi connectivity index (χ4n) is 2.63. The number of carbonyl (C=O) groups excluding carboxylic acids is 2. The lowest BCUT2D eigenvalue weighted by molar-refractivity contribution is -0.114. The molecule has 152 valence electrons. The summed E-state index contributed by atoms with van der Waals surface area (Å²) in [5.41, 5.74) is 1.18. The molecule has 0 aliphatic heterocycles. The molecule has 29 heavy (non-hydrogen) atoms. The number of thioether (sulfide) groups is 1. The zero-order valence-corrected chi connectivity index (χ0v) is 18.0. The Morgan fingerprint density at radius 1 is 1.17 bits per heavy atom. The highest BCUT2D eigenvalue weighted by atomic mass is 32.2. The molecule has 0 aliphatic rings. The molecule has 0 saturated carbocycles. The highest BCUT2D eigenvalue weighted by Crippen LogP contribution is 2.27. The fraction of sp³-hybridized carbons (Fsp3) is 0.300. The molecular formula is C20H22N4O3S2. The zero-order valence-electron chi connectivity index (χ0n) is 16.4. The number of anilines is 2. The average Bonchev–Trinajstić information content (AvgIpc) is 3.08. The maximum absolute atomic E-state index is 12.3. The van der Waals surface area contributed by atoms with Crippen LogP contribution in [0.1, 0.15) is 37.4 Å². The van der Waals surface area contributed by atoms with E-state index < -0.39 is 0 Å². The summed E-state index contributed by atoms with van der Waals surface area (Å²) in [5, 5.41) is 6.09. The Hall–Kier alpha value is -2.65. The summed E-state index contributed by atoms with van der Waals surface area (Å²) in [5.74, 6) is 1.29. The van der Waals surface area contributed by atoms with Crippen molar-refractivity contribution in [2.45, 2.75) is 32.4 Å². The molecule has 2 amide bonds. The van der Waals surface area contributed by atoms with E-state index in [1.807, 2.05) is 6.07 Å². The topological polar surface area (TPSA) is 104 Å². The van der Waals surface area contributed by atoms with Crippen molar-refractivity contribution in [2.75, 3.05) is 16.4 Å². The number of fused-ring (bicyclic) bond motifs is 1. The highest BCUT2D eigenvalue weighted by Gasteiger charge is 2.11. The van der Waals surface area contributed by atoms with Gasteiger partial charge >= 0.3 is 0 Å². The average molecular weight is 431 g/mol. The standard InChI is InChI=1S/C20H22N4O3S2/c1-11(2)16-8-15-19(27)23-17(24-20(15)29-16)9-28-10-18(26)22-14-6-4-13(5-7-14)21-12(3)25/h4-8,11H,9-10H2,1-3H3,(H,21,25)(H,22,26)(H,23,24,27). The molecule has 1 aromatic carbocycles. The second-order valence-electron chi connectivity index (χ2n) is 6.83. The lowest BCUT2D eigenvalue weighted by Crippen LogP contribution is -2.15. The van der Waals surface area contributed by atoms with Gasteiger partial charge in [-0.2, -0.15) is 0 Å². The van der Waals surface area contributed by atoms with Gasteiger partial charge in [-0.25, -0.2) is 4.98 Å². The number of H-pyrrole nitrogens is 1. The van der Waals surface area contributed by atoms with E-state index in [-0.39, 0.29) is 23.1 Å². The number of carbonyl (C=O) groups is 2. The summed E-state index contributed by atoms with van der Waals surface area (Å²) in [4.78, 5) is 44.6. The predicted molar refractivity (Wildman–Crippen MR) is 120 cm³/mol. The summed E-state index contributed by atoms with van der Waals surface area (Å²) in [7, 11) is 0. The predicted octanol–water partition coefficient (Wildman–Crippen LogP) is 3.94. The minimum Gasteiger partial charge on any atom is -0.326 e. The van der Waals surface area contributed by atoms with Gasteiger partial charge in [0.15, 0.2) is 0 Å². The summed E-state index contributed by atoms with van der Waals surface area (Å²) in [6.07, 6.45) is 0. The van der Waals surface area contributed by atoms with Gasteiger partial charge in [-0.1, -0.05) is 13.8 Å². The molecule has 3 rings (SSSR count). The van der Waals surface area contributed by atoms with Crippen LogP contribution in [0.25, 0.3) is 10.2 Å². The second kappa shape index (κ2) is 9.23. The molecule has 0 unspecified atom stereocenters. The number of hydrogen-bond acceptors (Lipinski definition) is 6. The first-order valence-electron chi connectivity index (χ1n) is 9.09. The number of amides is 2. The molecule has 0 saturated heterocycles. The van der Waals surface area contributed by atoms with Crippen molar-refractivity contribution in [3.8, 4) is 0 Å². The Morgan fingerprint density at radius 3 is 2.45 bits per heavy atom. The molecule has 3 aromatic rings. The summed E-state index contributed by atoms with van der Waals surface area (Å²) < 4.78 is 0. The number of aromatic nitrogens is 2. The monoisotopic (exact) mass is 430 g/mol. The second-order valence-corrected chi connectivity index (χ2v) is 8.88. The molecule has 0 atom stereocenters. The van der Waals surface area contributed by atoms with Crippen molar-refractivity contribution in [3.63, 3.8) is 0 Å². The van der Waals surface area contributed by atoms with Crippen molar-refractivity contribution in [3.05, 3.63) is 51.4 Å². The molecule has 0 spiro atoms. The first-order chi connectivity index (χ1) is 13.8. The number of aromatic amines is 1. The van der Waals surface area contributed by atoms with Gasteiger partial charge in [0, 0.05) is 23.2 Å². The van der Waals surface area contributed by atoms with Crippen LogP contribution in [0.5, 0.6) is 0 Å². The van der Waals surface area contributed by atoms with E-state index in [0.29, 0.717) is 34.3 Å². The van der Waals surface area contributed by atoms with Gasteiger partial charge in [0.1, 0.15) is 10.7 Å². The van der Waals surface area contributed by atoms with Gasteiger partial charge in [-0.05, 0) is 36.2 Å². The van der Waals surface area contributed by atoms with Crippen molar-refractivity contribution in [1.82, 2.24) is 9.97 Å². The lowest BCUT2D eigenvalue weighted by atomic mass is 10.2. The van der Waals surface area contributed by atoms with Gasteiger partial charge in [-0.3, -0.25) is 14.4 Å². The molecule has 0 radical (unpaired) electrons. The lowest BCUT2D eigenvalue weighted by Gasteiger charge is -2.07. The van der Waals surface area contributed by atoms with Crippen LogP contribution in [0, 0.1) is 0 Å². The molecule has 0 bridgehead atoms. The molecular weight excluding hydrogens is 408 g/mol. The summed E-state index contributed by atoms with van der Waals surface area (Å²) in [6, 6.07) is 8.80. The van der Waals surface area contributed by atoms with E-state index in [2.05, 4.69) is 34.4 Å².